The van der Waals surface area contributed by atoms with E-state index in [1.165, 1.54) is 77.1 Å². The number of nitrogens with two attached hydrogens (primary N) is 2. The van der Waals surface area contributed by atoms with Crippen LogP contribution in [0.25, 0.3) is 54.9 Å². The van der Waals surface area contributed by atoms with Crippen LogP contribution in [0.3, 0.4) is 0 Å². The molecule has 5 nitrogen and oxygen atoms in total. The van der Waals surface area contributed by atoms with Crippen molar-refractivity contribution in [1.29, 1.82) is 0 Å². The van der Waals surface area contributed by atoms with Crippen molar-refractivity contribution in [3.8, 4) is 5.69 Å². The Morgan fingerprint density at radius 3 is 1.74 bits per heavy atom. The molecule has 0 spiro atoms. The molecule has 1 unspecified atom stereocenters. The molecule has 286 valence electrons. The van der Waals surface area contributed by atoms with Gasteiger partial charge in [0.2, 0.25) is 0 Å². The number of allylic oxidation sites excluding steroid dienone is 6. The minimum Gasteiger partial charge on any atom is -0.387 e. The number of hydrazine groups is 1. The molecule has 1 aliphatic heterocycles. The van der Waals surface area contributed by atoms with E-state index in [2.05, 4.69) is 216 Å². The molecular formula is C52H53N5. The summed E-state index contributed by atoms with van der Waals surface area (Å²) in [5.41, 5.74) is 13.2. The third-order valence-electron chi connectivity index (χ3n) is 11.5. The van der Waals surface area contributed by atoms with Crippen molar-refractivity contribution in [3.63, 3.8) is 0 Å². The van der Waals surface area contributed by atoms with Crippen LogP contribution in [0.15, 0.2) is 193 Å². The average molecular weight is 748 g/mol. The largest absolute Gasteiger partial charge is 0.387 e. The van der Waals surface area contributed by atoms with Crippen molar-refractivity contribution in [2.75, 3.05) is 6.54 Å². The molecule has 2 aliphatic rings. The number of rotatable bonds is 5. The molecular weight excluding hydrogens is 695 g/mol. The van der Waals surface area contributed by atoms with Crippen molar-refractivity contribution >= 4 is 49.2 Å². The van der Waals surface area contributed by atoms with E-state index < -0.39 is 0 Å². The Labute approximate surface area is 336 Å². The van der Waals surface area contributed by atoms with E-state index in [-0.39, 0.29) is 5.41 Å². The standard InChI is InChI=1S/C25H18N2.C25H25N.C2H6.H4N2/c1-26-22-13-7-5-11-18(22)20-16-25-21(15-24(20)26)19-12-6-8-14-23(19)27(25)17-9-3-2-4-10-17;1-25(22-11-6-3-7-12-22,24-13-8-18-26-19-24)23-16-14-21(15-17-23)20-9-4-2-5-10-20;2*1-2/h2-16H,1H3;2-14,16,18,26H,15,17,19H2,1H3;1-2H3;1-2H2. The van der Waals surface area contributed by atoms with Gasteiger partial charge in [-0.15, -0.1) is 0 Å². The summed E-state index contributed by atoms with van der Waals surface area (Å²) < 4.78 is 4.69. The van der Waals surface area contributed by atoms with Gasteiger partial charge in [0.25, 0.3) is 0 Å². The normalized spacial score (nSPS) is 14.5. The number of nitrogens with zero attached hydrogens (tertiary/aromatic N) is 2. The smallest absolute Gasteiger partial charge is 0.0548 e. The fraction of sp³-hybridized carbons (Fsp3) is 0.154. The van der Waals surface area contributed by atoms with E-state index >= 15 is 0 Å². The molecule has 0 saturated heterocycles. The third kappa shape index (κ3) is 7.36. The first-order valence-electron chi connectivity index (χ1n) is 20.0. The fourth-order valence-corrected chi connectivity index (χ4v) is 8.57. The molecule has 6 aromatic carbocycles. The topological polar surface area (TPSA) is 73.9 Å². The maximum Gasteiger partial charge on any atom is 0.0548 e. The Balaban J connectivity index is 0.000000161. The molecule has 1 atom stereocenters. The average Bonchev–Trinajstić information content (AvgIpc) is 3.78. The van der Waals surface area contributed by atoms with Gasteiger partial charge in [0.05, 0.1) is 11.0 Å². The van der Waals surface area contributed by atoms with Crippen LogP contribution in [-0.4, -0.2) is 15.7 Å². The van der Waals surface area contributed by atoms with Crippen LogP contribution in [0.2, 0.25) is 0 Å². The minimum atomic E-state index is -0.0717. The van der Waals surface area contributed by atoms with Gasteiger partial charge in [-0.1, -0.05) is 153 Å². The number of nitrogens with one attached hydrogen (secondary N) is 1. The second-order valence-corrected chi connectivity index (χ2v) is 14.3. The molecule has 1 aliphatic carbocycles. The number of fused-ring (bicyclic) bond motifs is 6. The van der Waals surface area contributed by atoms with Gasteiger partial charge < -0.3 is 14.5 Å². The Hall–Kier alpha value is -6.40. The van der Waals surface area contributed by atoms with Gasteiger partial charge in [0.15, 0.2) is 0 Å². The van der Waals surface area contributed by atoms with Gasteiger partial charge in [-0.25, -0.2) is 0 Å². The number of hydrogen-bond donors (Lipinski definition) is 3. The first kappa shape index (κ1) is 38.9. The monoisotopic (exact) mass is 747 g/mol. The summed E-state index contributed by atoms with van der Waals surface area (Å²) in [6.45, 7) is 7.27. The second-order valence-electron chi connectivity index (χ2n) is 14.3. The number of aromatic nitrogens is 2. The number of dihydropyridines is 1. The number of benzene rings is 6. The molecule has 0 radical (unpaired) electrons. The number of para-hydroxylation sites is 3. The first-order chi connectivity index (χ1) is 28.1. The van der Waals surface area contributed by atoms with E-state index in [4.69, 9.17) is 0 Å². The lowest BCUT2D eigenvalue weighted by atomic mass is 9.67. The summed E-state index contributed by atoms with van der Waals surface area (Å²) in [4.78, 5) is 0. The van der Waals surface area contributed by atoms with Crippen LogP contribution in [-0.2, 0) is 12.5 Å². The highest BCUT2D eigenvalue weighted by Crippen LogP contribution is 2.44. The highest BCUT2D eigenvalue weighted by atomic mass is 15.0. The summed E-state index contributed by atoms with van der Waals surface area (Å²) >= 11 is 0. The van der Waals surface area contributed by atoms with Crippen LogP contribution in [0.4, 0.5) is 0 Å². The first-order valence-corrected chi connectivity index (χ1v) is 20.0. The SMILES string of the molecule is CC.CC(C1=CC=C(c2ccccc2)CC1)(C1=CC=CNC1)c1ccccc1.Cn1c2ccccc2c2cc3c(cc21)c1ccccc1n3-c1ccccc1.NN. The molecule has 5 heteroatoms. The van der Waals surface area contributed by atoms with Crippen molar-refractivity contribution in [3.05, 3.63) is 204 Å². The molecule has 0 bridgehead atoms. The molecule has 10 rings (SSSR count). The van der Waals surface area contributed by atoms with Gasteiger partial charge in [0, 0.05) is 57.3 Å². The maximum atomic E-state index is 4.00. The molecule has 3 heterocycles. The Kier molecular flexibility index (Phi) is 12.0. The van der Waals surface area contributed by atoms with Gasteiger partial charge in [0.1, 0.15) is 0 Å². The number of aryl methyl sites for hydroxylation is 1. The van der Waals surface area contributed by atoms with E-state index in [1.54, 1.807) is 0 Å². The molecule has 0 fully saturated rings. The Morgan fingerprint density at radius 2 is 1.11 bits per heavy atom. The van der Waals surface area contributed by atoms with Crippen LogP contribution >= 0.6 is 0 Å². The van der Waals surface area contributed by atoms with E-state index in [9.17, 15) is 0 Å². The van der Waals surface area contributed by atoms with Crippen molar-refractivity contribution in [2.45, 2.75) is 39.0 Å². The van der Waals surface area contributed by atoms with Crippen LogP contribution in [0.5, 0.6) is 0 Å². The van der Waals surface area contributed by atoms with Crippen LogP contribution < -0.4 is 17.0 Å². The zero-order valence-electron chi connectivity index (χ0n) is 33.5. The summed E-state index contributed by atoms with van der Waals surface area (Å²) in [7, 11) is 2.16. The highest BCUT2D eigenvalue weighted by Gasteiger charge is 2.35. The van der Waals surface area contributed by atoms with Gasteiger partial charge in [-0.2, -0.15) is 0 Å². The van der Waals surface area contributed by atoms with Gasteiger partial charge in [-0.05, 0) is 90.7 Å². The van der Waals surface area contributed by atoms with Crippen LogP contribution in [0, 0.1) is 0 Å². The van der Waals surface area contributed by atoms with E-state index in [1.807, 2.05) is 20.0 Å². The lowest BCUT2D eigenvalue weighted by Crippen LogP contribution is -2.33. The van der Waals surface area contributed by atoms with Crippen molar-refractivity contribution in [1.82, 2.24) is 14.5 Å². The lowest BCUT2D eigenvalue weighted by Gasteiger charge is -2.38. The highest BCUT2D eigenvalue weighted by molar-refractivity contribution is 6.18. The van der Waals surface area contributed by atoms with E-state index in [0.717, 1.165) is 19.4 Å². The zero-order valence-corrected chi connectivity index (χ0v) is 33.5. The molecule has 8 aromatic rings. The zero-order chi connectivity index (χ0) is 39.8. The molecule has 5 N–H and O–H groups in total. The van der Waals surface area contributed by atoms with Gasteiger partial charge in [-0.3, -0.25) is 11.7 Å². The summed E-state index contributed by atoms with van der Waals surface area (Å²) in [5.74, 6) is 8.00. The fourth-order valence-electron chi connectivity index (χ4n) is 8.57. The van der Waals surface area contributed by atoms with Gasteiger partial charge >= 0.3 is 0 Å². The van der Waals surface area contributed by atoms with E-state index in [0.29, 0.717) is 0 Å². The minimum absolute atomic E-state index is 0.0717. The third-order valence-corrected chi connectivity index (χ3v) is 11.5. The Bertz CT molecular complexity index is 2730. The molecule has 57 heavy (non-hydrogen) atoms. The molecule has 0 amide bonds. The number of hydrogen-bond acceptors (Lipinski definition) is 3. The van der Waals surface area contributed by atoms with Crippen molar-refractivity contribution < 1.29 is 0 Å². The summed E-state index contributed by atoms with van der Waals surface area (Å²) in [6.07, 6.45) is 13.3. The lowest BCUT2D eigenvalue weighted by molar-refractivity contribution is 0.596. The second kappa shape index (κ2) is 17.6. The predicted molar refractivity (Wildman–Crippen MR) is 245 cm³/mol. The van der Waals surface area contributed by atoms with Crippen molar-refractivity contribution in [2.24, 2.45) is 18.7 Å². The summed E-state index contributed by atoms with van der Waals surface area (Å²) in [6, 6.07) is 54.3. The maximum absolute atomic E-state index is 4.00. The quantitative estimate of drug-likeness (QED) is 0.121. The summed E-state index contributed by atoms with van der Waals surface area (Å²) in [5, 5.41) is 8.60. The molecule has 0 saturated carbocycles. The van der Waals surface area contributed by atoms with Crippen LogP contribution in [0.1, 0.15) is 44.7 Å². The Morgan fingerprint density at radius 1 is 0.544 bits per heavy atom. The molecule has 2 aromatic heterocycles. The predicted octanol–water partition coefficient (Wildman–Crippen LogP) is 12.1.